The van der Waals surface area contributed by atoms with E-state index in [9.17, 15) is 4.79 Å². The van der Waals surface area contributed by atoms with Crippen molar-refractivity contribution in [1.82, 2.24) is 4.98 Å². The number of hydrogen-bond acceptors (Lipinski definition) is 4. The zero-order valence-corrected chi connectivity index (χ0v) is 12.9. The first-order chi connectivity index (χ1) is 9.36. The molecule has 3 N–H and O–H groups in total. The van der Waals surface area contributed by atoms with Crippen molar-refractivity contribution < 1.29 is 4.79 Å². The van der Waals surface area contributed by atoms with Crippen LogP contribution in [0.5, 0.6) is 0 Å². The number of carbonyl (C=O) groups is 1. The Labute approximate surface area is 127 Å². The van der Waals surface area contributed by atoms with E-state index in [0.717, 1.165) is 15.5 Å². The van der Waals surface area contributed by atoms with E-state index < -0.39 is 5.54 Å². The smallest absolute Gasteiger partial charge is 0.245 e. The molecule has 2 rings (SSSR count). The van der Waals surface area contributed by atoms with Gasteiger partial charge in [0.15, 0.2) is 5.13 Å². The molecule has 0 fully saturated rings. The van der Waals surface area contributed by atoms with Gasteiger partial charge in [-0.25, -0.2) is 4.98 Å². The van der Waals surface area contributed by atoms with E-state index in [1.54, 1.807) is 20.0 Å². The first kappa shape index (κ1) is 15.0. The molecule has 4 nitrogen and oxygen atoms in total. The van der Waals surface area contributed by atoms with Crippen LogP contribution in [-0.4, -0.2) is 16.4 Å². The Morgan fingerprint density at radius 2 is 2.15 bits per heavy atom. The summed E-state index contributed by atoms with van der Waals surface area (Å²) >= 11 is 7.55. The largest absolute Gasteiger partial charge is 0.318 e. The van der Waals surface area contributed by atoms with Crippen molar-refractivity contribution in [2.75, 3.05) is 5.32 Å². The van der Waals surface area contributed by atoms with E-state index in [0.29, 0.717) is 11.6 Å². The molecule has 0 aliphatic carbocycles. The first-order valence-electron chi connectivity index (χ1n) is 6.14. The van der Waals surface area contributed by atoms with Crippen LogP contribution >= 0.6 is 22.9 Å². The second-order valence-corrected chi connectivity index (χ2v) is 6.60. The summed E-state index contributed by atoms with van der Waals surface area (Å²) in [5, 5.41) is 4.00. The van der Waals surface area contributed by atoms with E-state index in [2.05, 4.69) is 10.3 Å². The lowest BCUT2D eigenvalue weighted by Crippen LogP contribution is -2.45. The SMILES string of the molecule is CC(C)(N)C(=O)Nc1ncc(Cc2ccccc2Cl)s1. The van der Waals surface area contributed by atoms with Crippen LogP contribution < -0.4 is 11.1 Å². The van der Waals surface area contributed by atoms with E-state index in [-0.39, 0.29) is 5.91 Å². The maximum Gasteiger partial charge on any atom is 0.245 e. The third-order valence-corrected chi connectivity index (χ3v) is 3.96. The summed E-state index contributed by atoms with van der Waals surface area (Å²) in [4.78, 5) is 17.0. The topological polar surface area (TPSA) is 68.0 Å². The molecule has 0 radical (unpaired) electrons. The number of nitrogens with one attached hydrogen (secondary N) is 1. The lowest BCUT2D eigenvalue weighted by atomic mass is 10.1. The Morgan fingerprint density at radius 1 is 1.45 bits per heavy atom. The Kier molecular flexibility index (Phi) is 4.42. The van der Waals surface area contributed by atoms with E-state index in [1.807, 2.05) is 24.3 Å². The molecule has 0 bridgehead atoms. The molecule has 0 saturated carbocycles. The second-order valence-electron chi connectivity index (χ2n) is 5.08. The fraction of sp³-hybridized carbons (Fsp3) is 0.286. The zero-order valence-electron chi connectivity index (χ0n) is 11.3. The van der Waals surface area contributed by atoms with E-state index >= 15 is 0 Å². The number of benzene rings is 1. The highest BCUT2D eigenvalue weighted by molar-refractivity contribution is 7.15. The normalized spacial score (nSPS) is 11.4. The minimum atomic E-state index is -0.922. The van der Waals surface area contributed by atoms with Gasteiger partial charge in [-0.2, -0.15) is 0 Å². The van der Waals surface area contributed by atoms with Crippen LogP contribution in [0.25, 0.3) is 0 Å². The molecule has 1 amide bonds. The van der Waals surface area contributed by atoms with Gasteiger partial charge in [-0.1, -0.05) is 29.8 Å². The number of carbonyl (C=O) groups excluding carboxylic acids is 1. The molecule has 0 atom stereocenters. The third-order valence-electron chi connectivity index (χ3n) is 2.68. The standard InChI is InChI=1S/C14H16ClN3OS/c1-14(2,16)12(19)18-13-17-8-10(20-13)7-9-5-3-4-6-11(9)15/h3-6,8H,7,16H2,1-2H3,(H,17,18,19). The van der Waals surface area contributed by atoms with Crippen LogP contribution in [0.4, 0.5) is 5.13 Å². The molecule has 1 aromatic heterocycles. The molecule has 20 heavy (non-hydrogen) atoms. The van der Waals surface area contributed by atoms with Crippen LogP contribution in [0, 0.1) is 0 Å². The number of thiazole rings is 1. The third kappa shape index (κ3) is 3.79. The molecule has 0 spiro atoms. The number of anilines is 1. The van der Waals surface area contributed by atoms with Crippen molar-refractivity contribution in [3.63, 3.8) is 0 Å². The maximum atomic E-state index is 11.8. The number of nitrogens with zero attached hydrogens (tertiary/aromatic N) is 1. The van der Waals surface area contributed by atoms with Crippen molar-refractivity contribution in [1.29, 1.82) is 0 Å². The lowest BCUT2D eigenvalue weighted by molar-refractivity contribution is -0.120. The van der Waals surface area contributed by atoms with Gasteiger partial charge in [0.25, 0.3) is 0 Å². The molecule has 0 aliphatic heterocycles. The predicted octanol–water partition coefficient (Wildman–Crippen LogP) is 3.06. The Hall–Kier alpha value is -1.43. The molecule has 106 valence electrons. The maximum absolute atomic E-state index is 11.8. The van der Waals surface area contributed by atoms with Gasteiger partial charge in [-0.05, 0) is 25.5 Å². The molecule has 2 aromatic rings. The van der Waals surface area contributed by atoms with Crippen molar-refractivity contribution in [2.24, 2.45) is 5.73 Å². The van der Waals surface area contributed by atoms with Gasteiger partial charge in [0.05, 0.1) is 5.54 Å². The number of aromatic nitrogens is 1. The fourth-order valence-electron chi connectivity index (χ4n) is 1.53. The first-order valence-corrected chi connectivity index (χ1v) is 7.34. The summed E-state index contributed by atoms with van der Waals surface area (Å²) in [5.41, 5.74) is 5.84. The number of rotatable bonds is 4. The lowest BCUT2D eigenvalue weighted by Gasteiger charge is -2.16. The summed E-state index contributed by atoms with van der Waals surface area (Å²) < 4.78 is 0. The van der Waals surface area contributed by atoms with Gasteiger partial charge in [0, 0.05) is 22.5 Å². The molecule has 1 aromatic carbocycles. The summed E-state index contributed by atoms with van der Waals surface area (Å²) in [5.74, 6) is -0.254. The highest BCUT2D eigenvalue weighted by Crippen LogP contribution is 2.24. The Balaban J connectivity index is 2.07. The average Bonchev–Trinajstić information content (AvgIpc) is 2.78. The van der Waals surface area contributed by atoms with Crippen molar-refractivity contribution in [3.05, 3.63) is 45.9 Å². The molecule has 0 unspecified atom stereocenters. The van der Waals surface area contributed by atoms with Gasteiger partial charge >= 0.3 is 0 Å². The van der Waals surface area contributed by atoms with Crippen molar-refractivity contribution >= 4 is 34.0 Å². The van der Waals surface area contributed by atoms with E-state index in [1.165, 1.54) is 11.3 Å². The second kappa shape index (κ2) is 5.91. The van der Waals surface area contributed by atoms with Crippen LogP contribution in [0.2, 0.25) is 5.02 Å². The van der Waals surface area contributed by atoms with Crippen molar-refractivity contribution in [3.8, 4) is 0 Å². The molecule has 6 heteroatoms. The predicted molar refractivity (Wildman–Crippen MR) is 83.3 cm³/mol. The van der Waals surface area contributed by atoms with Crippen molar-refractivity contribution in [2.45, 2.75) is 25.8 Å². The average molecular weight is 310 g/mol. The van der Waals surface area contributed by atoms with Crippen LogP contribution in [-0.2, 0) is 11.2 Å². The quantitative estimate of drug-likeness (QED) is 0.912. The summed E-state index contributed by atoms with van der Waals surface area (Å²) in [6, 6.07) is 7.68. The van der Waals surface area contributed by atoms with Crippen LogP contribution in [0.1, 0.15) is 24.3 Å². The van der Waals surface area contributed by atoms with Gasteiger partial charge in [0.1, 0.15) is 0 Å². The zero-order chi connectivity index (χ0) is 14.8. The summed E-state index contributed by atoms with van der Waals surface area (Å²) in [6.45, 7) is 3.31. The molecular weight excluding hydrogens is 294 g/mol. The minimum Gasteiger partial charge on any atom is -0.318 e. The highest BCUT2D eigenvalue weighted by Gasteiger charge is 2.22. The van der Waals surface area contributed by atoms with Gasteiger partial charge in [0.2, 0.25) is 5.91 Å². The molecule has 0 aliphatic rings. The summed E-state index contributed by atoms with van der Waals surface area (Å²) in [6.07, 6.45) is 2.44. The molecule has 1 heterocycles. The van der Waals surface area contributed by atoms with Gasteiger partial charge in [-0.15, -0.1) is 11.3 Å². The minimum absolute atomic E-state index is 0.254. The van der Waals surface area contributed by atoms with Gasteiger partial charge in [-0.3, -0.25) is 4.79 Å². The number of amides is 1. The molecule has 0 saturated heterocycles. The number of nitrogens with two attached hydrogens (primary N) is 1. The monoisotopic (exact) mass is 309 g/mol. The van der Waals surface area contributed by atoms with E-state index in [4.69, 9.17) is 17.3 Å². The fourth-order valence-corrected chi connectivity index (χ4v) is 2.57. The molecular formula is C14H16ClN3OS. The highest BCUT2D eigenvalue weighted by atomic mass is 35.5. The van der Waals surface area contributed by atoms with Crippen LogP contribution in [0.15, 0.2) is 30.5 Å². The summed E-state index contributed by atoms with van der Waals surface area (Å²) in [7, 11) is 0. The Morgan fingerprint density at radius 3 is 2.80 bits per heavy atom. The number of hydrogen-bond donors (Lipinski definition) is 2. The number of halogens is 1. The van der Waals surface area contributed by atoms with Gasteiger partial charge < -0.3 is 11.1 Å². The van der Waals surface area contributed by atoms with Crippen LogP contribution in [0.3, 0.4) is 0 Å². The Bertz CT molecular complexity index is 619.